The van der Waals surface area contributed by atoms with Gasteiger partial charge in [-0.25, -0.2) is 0 Å². The largest absolute Gasteiger partial charge is 0.351 e. The normalized spacial score (nSPS) is 24.9. The Kier molecular flexibility index (Phi) is 4.13. The maximum atomic E-state index is 12.6. The molecule has 3 rings (SSSR count). The van der Waals surface area contributed by atoms with E-state index in [4.69, 9.17) is 0 Å². The number of fused-ring (bicyclic) bond motifs is 1. The summed E-state index contributed by atoms with van der Waals surface area (Å²) in [6.45, 7) is 4.69. The van der Waals surface area contributed by atoms with E-state index in [1.54, 1.807) is 4.88 Å². The second kappa shape index (κ2) is 5.86. The highest BCUT2D eigenvalue weighted by molar-refractivity contribution is 7.12. The van der Waals surface area contributed by atoms with E-state index in [0.717, 1.165) is 32.4 Å². The van der Waals surface area contributed by atoms with E-state index < -0.39 is 0 Å². The Morgan fingerprint density at radius 2 is 2.40 bits per heavy atom. The minimum absolute atomic E-state index is 0.158. The van der Waals surface area contributed by atoms with Crippen LogP contribution in [0.5, 0.6) is 0 Å². The molecular weight excluding hydrogens is 268 g/mol. The zero-order valence-corrected chi connectivity index (χ0v) is 13.1. The summed E-state index contributed by atoms with van der Waals surface area (Å²) in [5.41, 5.74) is 1.36. The van der Waals surface area contributed by atoms with Gasteiger partial charge in [0.15, 0.2) is 0 Å². The molecule has 2 heterocycles. The first kappa shape index (κ1) is 14.1. The van der Waals surface area contributed by atoms with Gasteiger partial charge in [0.25, 0.3) is 0 Å². The minimum Gasteiger partial charge on any atom is -0.351 e. The van der Waals surface area contributed by atoms with Gasteiger partial charge in [-0.15, -0.1) is 11.3 Å². The van der Waals surface area contributed by atoms with E-state index in [2.05, 4.69) is 23.6 Å². The number of hydrogen-bond donors (Lipinski definition) is 2. The van der Waals surface area contributed by atoms with Crippen molar-refractivity contribution in [3.05, 3.63) is 21.4 Å². The number of amides is 1. The first-order valence-corrected chi connectivity index (χ1v) is 8.65. The molecule has 0 spiro atoms. The molecule has 1 amide bonds. The third-order valence-corrected chi connectivity index (χ3v) is 5.91. The van der Waals surface area contributed by atoms with Crippen molar-refractivity contribution < 1.29 is 4.79 Å². The van der Waals surface area contributed by atoms with Gasteiger partial charge in [0.05, 0.1) is 12.0 Å². The fraction of sp³-hybridized carbons (Fsp3) is 0.688. The highest BCUT2D eigenvalue weighted by atomic mass is 32.1. The van der Waals surface area contributed by atoms with E-state index >= 15 is 0 Å². The lowest BCUT2D eigenvalue weighted by atomic mass is 9.81. The predicted molar refractivity (Wildman–Crippen MR) is 83.0 cm³/mol. The van der Waals surface area contributed by atoms with Crippen LogP contribution in [-0.4, -0.2) is 19.0 Å². The maximum Gasteiger partial charge on any atom is 0.227 e. The molecule has 2 aliphatic rings. The number of rotatable bonds is 5. The van der Waals surface area contributed by atoms with Crippen molar-refractivity contribution in [2.75, 3.05) is 13.1 Å². The smallest absolute Gasteiger partial charge is 0.227 e. The van der Waals surface area contributed by atoms with E-state index in [1.165, 1.54) is 29.7 Å². The Morgan fingerprint density at radius 3 is 3.10 bits per heavy atom. The Hall–Kier alpha value is -0.870. The number of aryl methyl sites for hydroxylation is 2. The molecule has 1 aromatic rings. The summed E-state index contributed by atoms with van der Waals surface area (Å²) < 4.78 is 0. The molecule has 4 heteroatoms. The molecule has 1 saturated heterocycles. The molecule has 110 valence electrons. The zero-order chi connectivity index (χ0) is 14.0. The van der Waals surface area contributed by atoms with Crippen molar-refractivity contribution in [3.63, 3.8) is 0 Å². The molecule has 3 nitrogen and oxygen atoms in total. The minimum atomic E-state index is -0.158. The molecular formula is C16H24N2OS. The second-order valence-corrected chi connectivity index (χ2v) is 7.38. The molecule has 0 bridgehead atoms. The molecule has 1 fully saturated rings. The molecule has 1 aromatic heterocycles. The average Bonchev–Trinajstić information content (AvgIpc) is 3.11. The fourth-order valence-electron chi connectivity index (χ4n) is 3.58. The topological polar surface area (TPSA) is 41.1 Å². The zero-order valence-electron chi connectivity index (χ0n) is 12.3. The van der Waals surface area contributed by atoms with Gasteiger partial charge in [0.1, 0.15) is 0 Å². The molecule has 0 aromatic carbocycles. The number of thiophene rings is 1. The first-order chi connectivity index (χ1) is 9.73. The van der Waals surface area contributed by atoms with Crippen molar-refractivity contribution in [1.82, 2.24) is 10.6 Å². The third-order valence-electron chi connectivity index (χ3n) is 4.67. The van der Waals surface area contributed by atoms with Gasteiger partial charge in [0.2, 0.25) is 5.91 Å². The SMILES string of the molecule is CCCC1(C(=O)NCc2cc3c(s2)CCC3)CCNC1. The van der Waals surface area contributed by atoms with Crippen molar-refractivity contribution in [2.24, 2.45) is 5.41 Å². The molecule has 1 unspecified atom stereocenters. The molecule has 20 heavy (non-hydrogen) atoms. The Morgan fingerprint density at radius 1 is 1.50 bits per heavy atom. The fourth-order valence-corrected chi connectivity index (χ4v) is 4.78. The van der Waals surface area contributed by atoms with Crippen LogP contribution in [0.25, 0.3) is 0 Å². The van der Waals surface area contributed by atoms with E-state index in [-0.39, 0.29) is 11.3 Å². The van der Waals surface area contributed by atoms with Crippen molar-refractivity contribution in [3.8, 4) is 0 Å². The molecule has 1 aliphatic heterocycles. The van der Waals surface area contributed by atoms with Gasteiger partial charge in [-0.3, -0.25) is 4.79 Å². The van der Waals surface area contributed by atoms with Gasteiger partial charge in [-0.2, -0.15) is 0 Å². The van der Waals surface area contributed by atoms with Crippen molar-refractivity contribution in [2.45, 2.75) is 52.0 Å². The molecule has 0 radical (unpaired) electrons. The van der Waals surface area contributed by atoms with Crippen LogP contribution in [0.3, 0.4) is 0 Å². The Bertz CT molecular complexity index is 467. The van der Waals surface area contributed by atoms with Crippen molar-refractivity contribution >= 4 is 17.2 Å². The number of hydrogen-bond acceptors (Lipinski definition) is 3. The van der Waals surface area contributed by atoms with Crippen LogP contribution in [0.1, 0.15) is 47.9 Å². The second-order valence-electron chi connectivity index (χ2n) is 6.15. The third kappa shape index (κ3) is 2.63. The van der Waals surface area contributed by atoms with Crippen LogP contribution in [0.4, 0.5) is 0 Å². The summed E-state index contributed by atoms with van der Waals surface area (Å²) in [4.78, 5) is 15.4. The summed E-state index contributed by atoms with van der Waals surface area (Å²) >= 11 is 1.89. The highest BCUT2D eigenvalue weighted by Crippen LogP contribution is 2.33. The quantitative estimate of drug-likeness (QED) is 0.876. The van der Waals surface area contributed by atoms with Gasteiger partial charge < -0.3 is 10.6 Å². The van der Waals surface area contributed by atoms with Crippen LogP contribution in [0.15, 0.2) is 6.07 Å². The van der Waals surface area contributed by atoms with E-state index in [1.807, 2.05) is 11.3 Å². The Labute approximate surface area is 125 Å². The van der Waals surface area contributed by atoms with Gasteiger partial charge >= 0.3 is 0 Å². The predicted octanol–water partition coefficient (Wildman–Crippen LogP) is 2.63. The first-order valence-electron chi connectivity index (χ1n) is 7.83. The van der Waals surface area contributed by atoms with Crippen LogP contribution in [0.2, 0.25) is 0 Å². The van der Waals surface area contributed by atoms with Crippen LogP contribution in [-0.2, 0) is 24.2 Å². The van der Waals surface area contributed by atoms with E-state index in [0.29, 0.717) is 6.54 Å². The lowest BCUT2D eigenvalue weighted by Gasteiger charge is -2.26. The Balaban J connectivity index is 1.60. The summed E-state index contributed by atoms with van der Waals surface area (Å²) in [5.74, 6) is 0.248. The number of carbonyl (C=O) groups excluding carboxylic acids is 1. The van der Waals surface area contributed by atoms with Crippen LogP contribution in [0, 0.1) is 5.41 Å². The van der Waals surface area contributed by atoms with Crippen LogP contribution >= 0.6 is 11.3 Å². The monoisotopic (exact) mass is 292 g/mol. The highest BCUT2D eigenvalue weighted by Gasteiger charge is 2.40. The average molecular weight is 292 g/mol. The standard InChI is InChI=1S/C16H24N2OS/c1-2-6-16(7-8-17-11-16)15(19)18-10-13-9-12-4-3-5-14(12)20-13/h9,17H,2-8,10-11H2,1H3,(H,18,19). The van der Waals surface area contributed by atoms with Crippen LogP contribution < -0.4 is 10.6 Å². The summed E-state index contributed by atoms with van der Waals surface area (Å²) in [6, 6.07) is 2.30. The summed E-state index contributed by atoms with van der Waals surface area (Å²) in [7, 11) is 0. The lowest BCUT2D eigenvalue weighted by molar-refractivity contribution is -0.130. The molecule has 2 N–H and O–H groups in total. The van der Waals surface area contributed by atoms with Gasteiger partial charge in [-0.1, -0.05) is 13.3 Å². The van der Waals surface area contributed by atoms with E-state index in [9.17, 15) is 4.79 Å². The maximum absolute atomic E-state index is 12.6. The van der Waals surface area contributed by atoms with Gasteiger partial charge in [0, 0.05) is 16.3 Å². The summed E-state index contributed by atoms with van der Waals surface area (Å²) in [5, 5.41) is 6.54. The summed E-state index contributed by atoms with van der Waals surface area (Å²) in [6.07, 6.45) is 6.81. The number of carbonyl (C=O) groups is 1. The molecule has 0 saturated carbocycles. The number of nitrogens with one attached hydrogen (secondary N) is 2. The van der Waals surface area contributed by atoms with Crippen molar-refractivity contribution in [1.29, 1.82) is 0 Å². The lowest BCUT2D eigenvalue weighted by Crippen LogP contribution is -2.42. The molecule has 1 atom stereocenters. The molecule has 1 aliphatic carbocycles. The van der Waals surface area contributed by atoms with Gasteiger partial charge in [-0.05, 0) is 50.3 Å².